The van der Waals surface area contributed by atoms with Gasteiger partial charge in [-0.15, -0.1) is 71.8 Å². The molecule has 6 aromatic rings. The molecular weight excluding hydrogens is 684 g/mol. The molecule has 0 aliphatic carbocycles. The predicted octanol–water partition coefficient (Wildman–Crippen LogP) is 9.36. The van der Waals surface area contributed by atoms with Crippen LogP contribution in [0.15, 0.2) is 134 Å². The average Bonchev–Trinajstić information content (AvgIpc) is 3.03. The van der Waals surface area contributed by atoms with Gasteiger partial charge in [-0.05, 0) is 64.3 Å². The molecule has 4 aromatic carbocycles. The van der Waals surface area contributed by atoms with Crippen molar-refractivity contribution in [1.82, 2.24) is 9.97 Å². The van der Waals surface area contributed by atoms with Crippen molar-refractivity contribution in [3.63, 3.8) is 0 Å². The zero-order chi connectivity index (χ0) is 27.7. The SMILES string of the molecule is CC(c1ccc(F)cc1)c1ccnc(-c2[c-]cccc2)c1.Cc1cnc(-c2[c-]cccc2)cc1-c1ccccc1.[Ir]. The third-order valence-corrected chi connectivity index (χ3v) is 6.81. The number of pyridine rings is 2. The van der Waals surface area contributed by atoms with E-state index in [0.717, 1.165) is 33.6 Å². The van der Waals surface area contributed by atoms with Crippen molar-refractivity contribution in [3.05, 3.63) is 168 Å². The van der Waals surface area contributed by atoms with E-state index in [4.69, 9.17) is 0 Å². The van der Waals surface area contributed by atoms with Crippen molar-refractivity contribution in [2.45, 2.75) is 19.8 Å². The Morgan fingerprint density at radius 2 is 1.27 bits per heavy atom. The van der Waals surface area contributed by atoms with Gasteiger partial charge in [-0.1, -0.05) is 61.5 Å². The summed E-state index contributed by atoms with van der Waals surface area (Å²) in [5.74, 6) is -0.0173. The number of rotatable bonds is 5. The molecule has 0 bridgehead atoms. The maximum atomic E-state index is 13.0. The van der Waals surface area contributed by atoms with Crippen molar-refractivity contribution < 1.29 is 24.5 Å². The molecular formula is C37H29FIrN2-2. The van der Waals surface area contributed by atoms with Crippen LogP contribution in [0.5, 0.6) is 0 Å². The number of aryl methyl sites for hydroxylation is 1. The molecule has 41 heavy (non-hydrogen) atoms. The molecule has 0 aliphatic rings. The summed E-state index contributed by atoms with van der Waals surface area (Å²) in [5.41, 5.74) is 9.75. The van der Waals surface area contributed by atoms with E-state index in [1.54, 1.807) is 0 Å². The molecule has 2 heterocycles. The normalized spacial score (nSPS) is 11.0. The summed E-state index contributed by atoms with van der Waals surface area (Å²) in [6.45, 7) is 4.20. The summed E-state index contributed by atoms with van der Waals surface area (Å²) in [4.78, 5) is 8.91. The molecule has 0 N–H and O–H groups in total. The van der Waals surface area contributed by atoms with Gasteiger partial charge in [0, 0.05) is 38.4 Å². The minimum absolute atomic E-state index is 0. The van der Waals surface area contributed by atoms with Gasteiger partial charge in [-0.2, -0.15) is 0 Å². The predicted molar refractivity (Wildman–Crippen MR) is 161 cm³/mol. The summed E-state index contributed by atoms with van der Waals surface area (Å²) in [6.07, 6.45) is 3.74. The van der Waals surface area contributed by atoms with Gasteiger partial charge in [0.25, 0.3) is 0 Å². The van der Waals surface area contributed by atoms with E-state index in [1.807, 2.05) is 85.2 Å². The zero-order valence-electron chi connectivity index (χ0n) is 22.9. The second-order valence-corrected chi connectivity index (χ2v) is 9.55. The second-order valence-electron chi connectivity index (χ2n) is 9.55. The van der Waals surface area contributed by atoms with Crippen LogP contribution in [-0.2, 0) is 20.1 Å². The first kappa shape index (κ1) is 29.7. The Bertz CT molecular complexity index is 1660. The summed E-state index contributed by atoms with van der Waals surface area (Å²) in [7, 11) is 0. The first-order valence-electron chi connectivity index (χ1n) is 13.3. The summed E-state index contributed by atoms with van der Waals surface area (Å²) >= 11 is 0. The van der Waals surface area contributed by atoms with Gasteiger partial charge in [0.15, 0.2) is 0 Å². The largest absolute Gasteiger partial charge is 0.305 e. The van der Waals surface area contributed by atoms with Crippen molar-refractivity contribution in [2.75, 3.05) is 0 Å². The van der Waals surface area contributed by atoms with Crippen LogP contribution in [0.1, 0.15) is 29.5 Å². The standard InChI is InChI=1S/C19H15FN.C18H14N.Ir/c1-14(15-7-9-18(20)10-8-15)17-11-12-21-19(13-17)16-5-3-2-4-6-16;1-14-13-19-18(16-10-6-3-7-11-16)12-17(14)15-8-4-2-5-9-15;/h2-5,7-14H,1H3;2-10,12-13H,1H3;/q2*-1;. The zero-order valence-corrected chi connectivity index (χ0v) is 25.3. The van der Waals surface area contributed by atoms with Crippen LogP contribution in [0.2, 0.25) is 0 Å². The maximum Gasteiger partial charge on any atom is 0.123 e. The Labute approximate surface area is 255 Å². The number of hydrogen-bond acceptors (Lipinski definition) is 2. The summed E-state index contributed by atoms with van der Waals surface area (Å²) in [6, 6.07) is 45.4. The van der Waals surface area contributed by atoms with Gasteiger partial charge in [0.2, 0.25) is 0 Å². The van der Waals surface area contributed by atoms with Crippen LogP contribution in [0.3, 0.4) is 0 Å². The van der Waals surface area contributed by atoms with Gasteiger partial charge < -0.3 is 9.97 Å². The minimum Gasteiger partial charge on any atom is -0.305 e. The molecule has 0 saturated carbocycles. The van der Waals surface area contributed by atoms with Crippen LogP contribution in [0, 0.1) is 24.9 Å². The smallest absolute Gasteiger partial charge is 0.123 e. The molecule has 0 amide bonds. The Hall–Kier alpha value is -4.24. The molecule has 1 atom stereocenters. The number of halogens is 1. The fourth-order valence-corrected chi connectivity index (χ4v) is 4.51. The van der Waals surface area contributed by atoms with Crippen molar-refractivity contribution in [2.24, 2.45) is 0 Å². The fourth-order valence-electron chi connectivity index (χ4n) is 4.51. The monoisotopic (exact) mass is 713 g/mol. The summed E-state index contributed by atoms with van der Waals surface area (Å²) < 4.78 is 13.0. The van der Waals surface area contributed by atoms with Crippen LogP contribution >= 0.6 is 0 Å². The minimum atomic E-state index is -0.208. The van der Waals surface area contributed by atoms with Crippen LogP contribution in [-0.4, -0.2) is 9.97 Å². The number of aromatic nitrogens is 2. The van der Waals surface area contributed by atoms with Crippen LogP contribution in [0.4, 0.5) is 4.39 Å². The Balaban J connectivity index is 0.000000185. The van der Waals surface area contributed by atoms with Gasteiger partial charge in [0.05, 0.1) is 0 Å². The molecule has 0 fully saturated rings. The molecule has 0 aliphatic heterocycles. The molecule has 0 saturated heterocycles. The Morgan fingerprint density at radius 3 is 1.88 bits per heavy atom. The van der Waals surface area contributed by atoms with E-state index in [9.17, 15) is 4.39 Å². The van der Waals surface area contributed by atoms with E-state index in [0.29, 0.717) is 0 Å². The van der Waals surface area contributed by atoms with E-state index < -0.39 is 0 Å². The summed E-state index contributed by atoms with van der Waals surface area (Å²) in [5, 5.41) is 0. The first-order chi connectivity index (χ1) is 19.6. The fraction of sp³-hybridized carbons (Fsp3) is 0.0811. The van der Waals surface area contributed by atoms with E-state index >= 15 is 0 Å². The van der Waals surface area contributed by atoms with E-state index in [-0.39, 0.29) is 31.8 Å². The van der Waals surface area contributed by atoms with Crippen LogP contribution < -0.4 is 0 Å². The number of nitrogens with zero attached hydrogens (tertiary/aromatic N) is 2. The van der Waals surface area contributed by atoms with Crippen molar-refractivity contribution in [1.29, 1.82) is 0 Å². The Kier molecular flexibility index (Phi) is 10.4. The molecule has 6 rings (SSSR count). The Morgan fingerprint density at radius 1 is 0.659 bits per heavy atom. The van der Waals surface area contributed by atoms with Gasteiger partial charge in [-0.25, -0.2) is 4.39 Å². The molecule has 2 nitrogen and oxygen atoms in total. The van der Waals surface area contributed by atoms with Crippen LogP contribution in [0.25, 0.3) is 33.6 Å². The maximum absolute atomic E-state index is 13.0. The average molecular weight is 713 g/mol. The molecule has 1 unspecified atom stereocenters. The van der Waals surface area contributed by atoms with E-state index in [1.165, 1.54) is 28.8 Å². The van der Waals surface area contributed by atoms with Crippen molar-refractivity contribution in [3.8, 4) is 33.6 Å². The molecule has 0 spiro atoms. The third-order valence-electron chi connectivity index (χ3n) is 6.81. The first-order valence-corrected chi connectivity index (χ1v) is 13.3. The second kappa shape index (κ2) is 14.4. The van der Waals surface area contributed by atoms with E-state index in [2.05, 4.69) is 72.3 Å². The van der Waals surface area contributed by atoms with Crippen molar-refractivity contribution >= 4 is 0 Å². The number of hydrogen-bond donors (Lipinski definition) is 0. The number of benzene rings is 4. The molecule has 4 heteroatoms. The van der Waals surface area contributed by atoms with Gasteiger partial charge >= 0.3 is 0 Å². The quantitative estimate of drug-likeness (QED) is 0.167. The topological polar surface area (TPSA) is 25.8 Å². The molecule has 205 valence electrons. The molecule has 1 radical (unpaired) electrons. The van der Waals surface area contributed by atoms with Gasteiger partial charge in [0.1, 0.15) is 5.82 Å². The van der Waals surface area contributed by atoms with Gasteiger partial charge in [-0.3, -0.25) is 0 Å². The third kappa shape index (κ3) is 7.70. The molecule has 2 aromatic heterocycles.